The van der Waals surface area contributed by atoms with Crippen molar-refractivity contribution in [3.63, 3.8) is 0 Å². The van der Waals surface area contributed by atoms with E-state index in [0.29, 0.717) is 35.1 Å². The first-order valence-electron chi connectivity index (χ1n) is 6.42. The minimum atomic E-state index is -0.522. The molecule has 0 saturated carbocycles. The summed E-state index contributed by atoms with van der Waals surface area (Å²) in [5.41, 5.74) is 0. The Morgan fingerprint density at radius 1 is 0.647 bits per heavy atom. The summed E-state index contributed by atoms with van der Waals surface area (Å²) in [6.45, 7) is 22.6. The van der Waals surface area contributed by atoms with Crippen LogP contribution in [0.15, 0.2) is 0 Å². The van der Waals surface area contributed by atoms with E-state index in [1.165, 1.54) is 0 Å². The predicted octanol–water partition coefficient (Wildman–Crippen LogP) is 5.82. The van der Waals surface area contributed by atoms with Crippen molar-refractivity contribution in [3.8, 4) is 0 Å². The Hall–Kier alpha value is 2.45. The van der Waals surface area contributed by atoms with E-state index in [0.717, 1.165) is 0 Å². The summed E-state index contributed by atoms with van der Waals surface area (Å²) in [6.07, 6.45) is 0.769. The molecule has 0 bridgehead atoms. The van der Waals surface area contributed by atoms with Gasteiger partial charge in [-0.05, 0) is 0 Å². The van der Waals surface area contributed by atoms with Gasteiger partial charge in [0.15, 0.2) is 0 Å². The van der Waals surface area contributed by atoms with Gasteiger partial charge in [-0.2, -0.15) is 0 Å². The first-order valence-corrected chi connectivity index (χ1v) is 18.7. The fourth-order valence-corrected chi connectivity index (χ4v) is 86.6. The van der Waals surface area contributed by atoms with Gasteiger partial charge in [0.2, 0.25) is 0 Å². The molecule has 0 aromatic heterocycles. The third kappa shape index (κ3) is 3.76. The van der Waals surface area contributed by atoms with Crippen LogP contribution in [0.2, 0.25) is 0 Å². The standard InChI is InChI=1S/C12H27AsP3.Li/c1-10(2,3)14-13-15(11(4,5)6)16(14)12(7,8)9;/h1-9H3;/q-1;+1. The Bertz CT molecular complexity index is 266. The molecule has 1 aliphatic rings. The van der Waals surface area contributed by atoms with Gasteiger partial charge in [-0.1, -0.05) is 0 Å². The second-order valence-corrected chi connectivity index (χ2v) is 38.5. The van der Waals surface area contributed by atoms with Gasteiger partial charge in [0.05, 0.1) is 0 Å². The molecule has 0 nitrogen and oxygen atoms in total. The third-order valence-corrected chi connectivity index (χ3v) is 65.8. The van der Waals surface area contributed by atoms with Crippen LogP contribution >= 0.6 is 19.6 Å². The molecule has 0 aromatic rings. The van der Waals surface area contributed by atoms with Gasteiger partial charge in [-0.3, -0.25) is 0 Å². The monoisotopic (exact) mass is 346 g/mol. The van der Waals surface area contributed by atoms with Gasteiger partial charge < -0.3 is 0 Å². The summed E-state index contributed by atoms with van der Waals surface area (Å²) in [5, 5.41) is 1.83. The second-order valence-electron chi connectivity index (χ2n) is 7.87. The summed E-state index contributed by atoms with van der Waals surface area (Å²) in [7, 11) is 0.313. The molecule has 0 N–H and O–H groups in total. The molecule has 17 heavy (non-hydrogen) atoms. The molecule has 2 unspecified atom stereocenters. The summed E-state index contributed by atoms with van der Waals surface area (Å²) in [6, 6.07) is 0. The van der Waals surface area contributed by atoms with Gasteiger partial charge in [0, 0.05) is 0 Å². The number of hydrogen-bond acceptors (Lipinski definition) is 0. The maximum absolute atomic E-state index is 2.70. The molecule has 1 fully saturated rings. The van der Waals surface area contributed by atoms with Gasteiger partial charge >= 0.3 is 124 Å². The Labute approximate surface area is 124 Å². The molecule has 96 valence electrons. The normalized spacial score (nSPS) is 35.7. The Balaban J connectivity index is 3.07. The van der Waals surface area contributed by atoms with Crippen LogP contribution in [-0.4, -0.2) is 42.5 Å². The topological polar surface area (TPSA) is 0 Å². The zero-order valence-electron chi connectivity index (χ0n) is 13.3. The van der Waals surface area contributed by atoms with Crippen molar-refractivity contribution in [1.29, 1.82) is 0 Å². The molecule has 0 spiro atoms. The third-order valence-electron chi connectivity index (χ3n) is 2.71. The van der Waals surface area contributed by atoms with E-state index in [1.807, 2.05) is 0 Å². The van der Waals surface area contributed by atoms with Gasteiger partial charge in [-0.15, -0.1) is 0 Å². The molecule has 5 heteroatoms. The number of hydrogen-bond donors (Lipinski definition) is 0. The first-order chi connectivity index (χ1) is 7.28. The quantitative estimate of drug-likeness (QED) is 0.383. The average Bonchev–Trinajstić information content (AvgIpc) is 1.90. The molecule has 2 atom stereocenters. The van der Waals surface area contributed by atoms with E-state index in [-0.39, 0.29) is 0 Å². The molecular weight excluding hydrogens is 319 g/mol. The van der Waals surface area contributed by atoms with Crippen LogP contribution in [0.3, 0.4) is 0 Å². The van der Waals surface area contributed by atoms with Crippen LogP contribution in [0.25, 0.3) is 0 Å². The van der Waals surface area contributed by atoms with Crippen molar-refractivity contribution in [3.05, 3.63) is 0 Å². The summed E-state index contributed by atoms with van der Waals surface area (Å²) in [5.74, 6) is 0. The van der Waals surface area contributed by atoms with E-state index in [2.05, 4.69) is 77.9 Å². The van der Waals surface area contributed by atoms with Crippen LogP contribution in [0.5, 0.6) is 0 Å². The molecule has 0 aliphatic carbocycles. The first kappa shape index (κ1) is 17.5. The second kappa shape index (κ2) is 5.33. The van der Waals surface area contributed by atoms with E-state index >= 15 is 0 Å². The van der Waals surface area contributed by atoms with Gasteiger partial charge in [0.25, 0.3) is 0 Å². The van der Waals surface area contributed by atoms with Crippen LogP contribution in [-0.2, 0) is 0 Å². The van der Waals surface area contributed by atoms with E-state index in [4.69, 9.17) is 0 Å². The van der Waals surface area contributed by atoms with Crippen molar-refractivity contribution in [1.82, 2.24) is 0 Å². The van der Waals surface area contributed by atoms with Gasteiger partial charge in [0.1, 0.15) is 0 Å². The van der Waals surface area contributed by atoms with Crippen molar-refractivity contribution >= 4 is 46.7 Å². The van der Waals surface area contributed by atoms with Crippen molar-refractivity contribution < 1.29 is 0 Å². The van der Waals surface area contributed by atoms with Crippen LogP contribution in [0, 0.1) is 0 Å². The van der Waals surface area contributed by atoms with Crippen LogP contribution in [0.1, 0.15) is 62.3 Å². The molecular formula is C12H27AsLiP3. The molecule has 1 heterocycles. The fourth-order valence-electron chi connectivity index (χ4n) is 2.38. The fraction of sp³-hybridized carbons (Fsp3) is 1.00. The van der Waals surface area contributed by atoms with E-state index in [9.17, 15) is 0 Å². The summed E-state index contributed by atoms with van der Waals surface area (Å²) >= 11 is 2.18. The zero-order chi connectivity index (χ0) is 13.8. The molecule has 0 radical (unpaired) electrons. The van der Waals surface area contributed by atoms with E-state index in [1.54, 1.807) is 0 Å². The van der Waals surface area contributed by atoms with Crippen molar-refractivity contribution in [2.24, 2.45) is 0 Å². The predicted molar refractivity (Wildman–Crippen MR) is 91.5 cm³/mol. The Morgan fingerprint density at radius 2 is 0.941 bits per heavy atom. The zero-order valence-corrected chi connectivity index (χ0v) is 17.8. The summed E-state index contributed by atoms with van der Waals surface area (Å²) in [4.78, 5) is 0. The summed E-state index contributed by atoms with van der Waals surface area (Å²) < 4.78 is 0. The van der Waals surface area contributed by atoms with Crippen LogP contribution < -0.4 is 0 Å². The Morgan fingerprint density at radius 3 is 1.12 bits per heavy atom. The molecule has 0 aromatic carbocycles. The SMILES string of the molecule is [Li][As]1P(C(C)(C)C)P(C(C)(C)C)P1C(C)(C)C. The Kier molecular flexibility index (Phi) is 5.49. The van der Waals surface area contributed by atoms with Crippen LogP contribution in [0.4, 0.5) is 0 Å². The van der Waals surface area contributed by atoms with Crippen molar-refractivity contribution in [2.45, 2.75) is 77.8 Å². The molecule has 1 saturated heterocycles. The van der Waals surface area contributed by atoms with Crippen molar-refractivity contribution in [2.75, 3.05) is 0 Å². The molecule has 0 amide bonds. The molecule has 1 aliphatic heterocycles. The number of rotatable bonds is 0. The van der Waals surface area contributed by atoms with Gasteiger partial charge in [-0.25, -0.2) is 0 Å². The average molecular weight is 346 g/mol. The van der Waals surface area contributed by atoms with E-state index < -0.39 is 11.5 Å². The maximum atomic E-state index is 2.70. The molecule has 1 rings (SSSR count). The minimum absolute atomic E-state index is 0.313.